The Balaban J connectivity index is 2.85. The van der Waals surface area contributed by atoms with Crippen LogP contribution in [0.15, 0.2) is 0 Å². The molecule has 0 fully saturated rings. The maximum Gasteiger partial charge on any atom is 0.404 e. The lowest BCUT2D eigenvalue weighted by atomic mass is 10.4. The van der Waals surface area contributed by atoms with E-state index in [9.17, 15) is 4.79 Å². The van der Waals surface area contributed by atoms with Crippen LogP contribution in [0.25, 0.3) is 0 Å². The third kappa shape index (κ3) is 9.23. The molecule has 11 heavy (non-hydrogen) atoms. The van der Waals surface area contributed by atoms with Crippen molar-refractivity contribution in [3.63, 3.8) is 0 Å². The predicted molar refractivity (Wildman–Crippen MR) is 41.3 cm³/mol. The highest BCUT2D eigenvalue weighted by atomic mass is 16.6. The van der Waals surface area contributed by atoms with Crippen molar-refractivity contribution >= 4 is 6.09 Å². The molecule has 0 heterocycles. The standard InChI is InChI=1S/C7H15NO3/c1-2-3-4-10-5-6-11-7(8)9/h2-6H2,1H3,(H2,8,9). The number of carbonyl (C=O) groups excluding carboxylic acids is 1. The van der Waals surface area contributed by atoms with Crippen molar-refractivity contribution in [3.8, 4) is 0 Å². The summed E-state index contributed by atoms with van der Waals surface area (Å²) >= 11 is 0. The summed E-state index contributed by atoms with van der Waals surface area (Å²) in [6, 6.07) is 0. The van der Waals surface area contributed by atoms with Gasteiger partial charge in [-0.25, -0.2) is 4.79 Å². The lowest BCUT2D eigenvalue weighted by Gasteiger charge is -2.02. The van der Waals surface area contributed by atoms with Gasteiger partial charge in [-0.15, -0.1) is 0 Å². The van der Waals surface area contributed by atoms with Crippen LogP contribution in [0.4, 0.5) is 4.79 Å². The summed E-state index contributed by atoms with van der Waals surface area (Å²) in [5, 5.41) is 0. The molecule has 4 heteroatoms. The van der Waals surface area contributed by atoms with E-state index in [2.05, 4.69) is 11.7 Å². The normalized spacial score (nSPS) is 9.55. The molecule has 0 atom stereocenters. The van der Waals surface area contributed by atoms with Gasteiger partial charge in [0.2, 0.25) is 0 Å². The number of ether oxygens (including phenoxy) is 2. The maximum absolute atomic E-state index is 10.0. The van der Waals surface area contributed by atoms with E-state index in [1.54, 1.807) is 0 Å². The molecule has 4 nitrogen and oxygen atoms in total. The Labute approximate surface area is 66.7 Å². The fourth-order valence-corrected chi connectivity index (χ4v) is 0.550. The molecule has 2 N–H and O–H groups in total. The SMILES string of the molecule is CCCCOCCOC(N)=O. The van der Waals surface area contributed by atoms with E-state index in [0.717, 1.165) is 19.4 Å². The topological polar surface area (TPSA) is 61.6 Å². The first-order valence-electron chi connectivity index (χ1n) is 3.77. The van der Waals surface area contributed by atoms with E-state index in [1.165, 1.54) is 0 Å². The van der Waals surface area contributed by atoms with Gasteiger partial charge < -0.3 is 15.2 Å². The first-order valence-corrected chi connectivity index (χ1v) is 3.77. The number of amides is 1. The number of unbranched alkanes of at least 4 members (excludes halogenated alkanes) is 1. The largest absolute Gasteiger partial charge is 0.447 e. The van der Waals surface area contributed by atoms with Crippen molar-refractivity contribution in [1.29, 1.82) is 0 Å². The lowest BCUT2D eigenvalue weighted by molar-refractivity contribution is 0.0751. The molecule has 0 unspecified atom stereocenters. The maximum atomic E-state index is 10.0. The molecular formula is C7H15NO3. The summed E-state index contributed by atoms with van der Waals surface area (Å²) < 4.78 is 9.53. The average molecular weight is 161 g/mol. The number of rotatable bonds is 6. The van der Waals surface area contributed by atoms with Crippen molar-refractivity contribution in [3.05, 3.63) is 0 Å². The van der Waals surface area contributed by atoms with Gasteiger partial charge in [0, 0.05) is 6.61 Å². The van der Waals surface area contributed by atoms with Crippen LogP contribution in [0, 0.1) is 0 Å². The molecule has 0 aromatic heterocycles. The Morgan fingerprint density at radius 1 is 1.36 bits per heavy atom. The molecule has 0 saturated carbocycles. The number of hydrogen-bond acceptors (Lipinski definition) is 3. The third-order valence-electron chi connectivity index (χ3n) is 1.11. The van der Waals surface area contributed by atoms with E-state index in [-0.39, 0.29) is 6.61 Å². The Morgan fingerprint density at radius 2 is 2.09 bits per heavy atom. The highest BCUT2D eigenvalue weighted by molar-refractivity contribution is 5.64. The predicted octanol–water partition coefficient (Wildman–Crippen LogP) is 0.898. The minimum absolute atomic E-state index is 0.249. The minimum atomic E-state index is -0.746. The number of primary amides is 1. The van der Waals surface area contributed by atoms with Gasteiger partial charge in [0.1, 0.15) is 6.61 Å². The Kier molecular flexibility index (Phi) is 6.82. The smallest absolute Gasteiger partial charge is 0.404 e. The van der Waals surface area contributed by atoms with E-state index in [1.807, 2.05) is 0 Å². The number of hydrogen-bond donors (Lipinski definition) is 1. The molecule has 0 spiro atoms. The summed E-state index contributed by atoms with van der Waals surface area (Å²) in [5.74, 6) is 0. The van der Waals surface area contributed by atoms with Crippen LogP contribution in [-0.2, 0) is 9.47 Å². The Hall–Kier alpha value is -0.770. The summed E-state index contributed by atoms with van der Waals surface area (Å²) in [6.07, 6.45) is 1.40. The Bertz CT molecular complexity index is 106. The van der Waals surface area contributed by atoms with Crippen LogP contribution in [0.2, 0.25) is 0 Å². The van der Waals surface area contributed by atoms with Crippen molar-refractivity contribution in [2.45, 2.75) is 19.8 Å². The monoisotopic (exact) mass is 161 g/mol. The molecule has 0 aliphatic heterocycles. The zero-order valence-corrected chi connectivity index (χ0v) is 6.84. The molecule has 0 rings (SSSR count). The molecule has 0 aromatic rings. The zero-order valence-electron chi connectivity index (χ0n) is 6.84. The molecule has 0 bridgehead atoms. The van der Waals surface area contributed by atoms with Crippen molar-refractivity contribution in [2.75, 3.05) is 19.8 Å². The molecule has 66 valence electrons. The first-order chi connectivity index (χ1) is 5.27. The van der Waals surface area contributed by atoms with E-state index in [4.69, 9.17) is 10.5 Å². The summed E-state index contributed by atoms with van der Waals surface area (Å²) in [7, 11) is 0. The number of nitrogens with two attached hydrogens (primary N) is 1. The van der Waals surface area contributed by atoms with Gasteiger partial charge in [0.05, 0.1) is 6.61 Å². The van der Waals surface area contributed by atoms with Crippen molar-refractivity contribution in [1.82, 2.24) is 0 Å². The zero-order chi connectivity index (χ0) is 8.53. The quantitative estimate of drug-likeness (QED) is 0.589. The molecule has 0 aliphatic carbocycles. The molecule has 0 radical (unpaired) electrons. The van der Waals surface area contributed by atoms with Crippen LogP contribution < -0.4 is 5.73 Å². The molecule has 0 saturated heterocycles. The Morgan fingerprint density at radius 3 is 2.64 bits per heavy atom. The summed E-state index contributed by atoms with van der Waals surface area (Å²) in [5.41, 5.74) is 4.72. The highest BCUT2D eigenvalue weighted by Crippen LogP contribution is 1.87. The van der Waals surface area contributed by atoms with Crippen LogP contribution in [0.5, 0.6) is 0 Å². The van der Waals surface area contributed by atoms with Crippen LogP contribution >= 0.6 is 0 Å². The molecule has 0 aromatic carbocycles. The third-order valence-corrected chi connectivity index (χ3v) is 1.11. The van der Waals surface area contributed by atoms with Gasteiger partial charge in [0.25, 0.3) is 0 Å². The molecule has 0 aliphatic rings. The summed E-state index contributed by atoms with van der Waals surface area (Å²) in [4.78, 5) is 10.0. The van der Waals surface area contributed by atoms with Gasteiger partial charge in [-0.05, 0) is 6.42 Å². The highest BCUT2D eigenvalue weighted by Gasteiger charge is 1.92. The second kappa shape index (κ2) is 7.34. The van der Waals surface area contributed by atoms with E-state index < -0.39 is 6.09 Å². The fraction of sp³-hybridized carbons (Fsp3) is 0.857. The van der Waals surface area contributed by atoms with E-state index >= 15 is 0 Å². The van der Waals surface area contributed by atoms with Crippen LogP contribution in [0.1, 0.15) is 19.8 Å². The van der Waals surface area contributed by atoms with Gasteiger partial charge >= 0.3 is 6.09 Å². The second-order valence-electron chi connectivity index (χ2n) is 2.13. The van der Waals surface area contributed by atoms with Crippen molar-refractivity contribution in [2.24, 2.45) is 5.73 Å². The van der Waals surface area contributed by atoms with Crippen LogP contribution in [0.3, 0.4) is 0 Å². The fourth-order valence-electron chi connectivity index (χ4n) is 0.550. The van der Waals surface area contributed by atoms with Crippen LogP contribution in [-0.4, -0.2) is 25.9 Å². The average Bonchev–Trinajstić information content (AvgIpc) is 1.96. The molecule has 1 amide bonds. The van der Waals surface area contributed by atoms with Crippen molar-refractivity contribution < 1.29 is 14.3 Å². The minimum Gasteiger partial charge on any atom is -0.447 e. The lowest BCUT2D eigenvalue weighted by Crippen LogP contribution is -2.16. The number of carbonyl (C=O) groups is 1. The van der Waals surface area contributed by atoms with Gasteiger partial charge in [0.15, 0.2) is 0 Å². The van der Waals surface area contributed by atoms with Gasteiger partial charge in [-0.2, -0.15) is 0 Å². The van der Waals surface area contributed by atoms with Gasteiger partial charge in [-0.1, -0.05) is 13.3 Å². The van der Waals surface area contributed by atoms with E-state index in [0.29, 0.717) is 6.61 Å². The first kappa shape index (κ1) is 10.2. The molecular weight excluding hydrogens is 146 g/mol. The summed E-state index contributed by atoms with van der Waals surface area (Å²) in [6.45, 7) is 3.49. The van der Waals surface area contributed by atoms with Gasteiger partial charge in [-0.3, -0.25) is 0 Å². The second-order valence-corrected chi connectivity index (χ2v) is 2.13.